The zero-order valence-electron chi connectivity index (χ0n) is 18.7. The Labute approximate surface area is 192 Å². The molecule has 3 aromatic rings. The predicted molar refractivity (Wildman–Crippen MR) is 126 cm³/mol. The fourth-order valence-electron chi connectivity index (χ4n) is 3.89. The maximum Gasteiger partial charge on any atom is 0.258 e. The Balaban J connectivity index is 1.68. The molecule has 0 radical (unpaired) electrons. The highest BCUT2D eigenvalue weighted by atomic mass is 16.2. The lowest BCUT2D eigenvalue weighted by Crippen LogP contribution is -2.35. The molecule has 0 unspecified atom stereocenters. The zero-order chi connectivity index (χ0) is 23.4. The lowest BCUT2D eigenvalue weighted by molar-refractivity contribution is 0.0724. The summed E-state index contributed by atoms with van der Waals surface area (Å²) in [5.74, 6) is -0.104. The summed E-state index contributed by atoms with van der Waals surface area (Å²) >= 11 is 0. The highest BCUT2D eigenvalue weighted by molar-refractivity contribution is 6.04. The van der Waals surface area contributed by atoms with Gasteiger partial charge in [0.25, 0.3) is 11.8 Å². The molecular formula is C25H26N6O2. The number of nitrogens with one attached hydrogen (secondary N) is 1. The Kier molecular flexibility index (Phi) is 6.50. The maximum atomic E-state index is 12.9. The van der Waals surface area contributed by atoms with E-state index in [4.69, 9.17) is 5.26 Å². The first-order valence-electron chi connectivity index (χ1n) is 11.1. The van der Waals surface area contributed by atoms with Gasteiger partial charge in [-0.25, -0.2) is 9.97 Å². The Morgan fingerprint density at radius 1 is 1.18 bits per heavy atom. The molecular weight excluding hydrogens is 416 g/mol. The van der Waals surface area contributed by atoms with Gasteiger partial charge in [-0.1, -0.05) is 25.1 Å². The van der Waals surface area contributed by atoms with Crippen LogP contribution in [0.2, 0.25) is 0 Å². The number of amides is 2. The van der Waals surface area contributed by atoms with Gasteiger partial charge in [-0.05, 0) is 49.9 Å². The number of carbonyl (C=O) groups excluding carboxylic acids is 2. The number of fused-ring (bicyclic) bond motifs is 1. The summed E-state index contributed by atoms with van der Waals surface area (Å²) in [6.45, 7) is 8.03. The van der Waals surface area contributed by atoms with Crippen LogP contribution in [0.15, 0.2) is 48.7 Å². The van der Waals surface area contributed by atoms with E-state index in [2.05, 4.69) is 21.9 Å². The molecule has 3 heterocycles. The number of nitriles is 1. The molecule has 1 saturated heterocycles. The second-order valence-corrected chi connectivity index (χ2v) is 8.19. The Morgan fingerprint density at radius 3 is 2.70 bits per heavy atom. The number of likely N-dealkylation sites (tertiary alicyclic amines) is 1. The predicted octanol–water partition coefficient (Wildman–Crippen LogP) is 4.15. The number of pyridine rings is 1. The number of allylic oxidation sites excluding steroid dienone is 1. The van der Waals surface area contributed by atoms with Crippen molar-refractivity contribution in [1.82, 2.24) is 19.4 Å². The van der Waals surface area contributed by atoms with Crippen molar-refractivity contribution < 1.29 is 9.59 Å². The van der Waals surface area contributed by atoms with E-state index in [0.29, 0.717) is 40.3 Å². The van der Waals surface area contributed by atoms with Crippen LogP contribution < -0.4 is 5.32 Å². The van der Waals surface area contributed by atoms with Gasteiger partial charge in [-0.15, -0.1) is 0 Å². The lowest BCUT2D eigenvalue weighted by Gasteiger charge is -2.26. The van der Waals surface area contributed by atoms with Crippen molar-refractivity contribution in [3.8, 4) is 6.07 Å². The monoisotopic (exact) mass is 442 g/mol. The van der Waals surface area contributed by atoms with Crippen molar-refractivity contribution in [1.29, 1.82) is 5.26 Å². The molecule has 8 nitrogen and oxygen atoms in total. The fourth-order valence-corrected chi connectivity index (χ4v) is 3.89. The minimum Gasteiger partial charge on any atom is -0.339 e. The molecule has 0 saturated carbocycles. The molecule has 168 valence electrons. The second kappa shape index (κ2) is 9.65. The van der Waals surface area contributed by atoms with Crippen LogP contribution in [0, 0.1) is 11.3 Å². The zero-order valence-corrected chi connectivity index (χ0v) is 18.7. The van der Waals surface area contributed by atoms with Crippen LogP contribution in [0.4, 0.5) is 5.95 Å². The van der Waals surface area contributed by atoms with Crippen LogP contribution in [0.3, 0.4) is 0 Å². The summed E-state index contributed by atoms with van der Waals surface area (Å²) in [6.07, 6.45) is 5.51. The van der Waals surface area contributed by atoms with E-state index in [1.165, 1.54) is 6.07 Å². The molecule has 0 atom stereocenters. The highest BCUT2D eigenvalue weighted by Gasteiger charge is 2.21. The number of carbonyl (C=O) groups is 2. The second-order valence-electron chi connectivity index (χ2n) is 8.19. The number of benzene rings is 1. The van der Waals surface area contributed by atoms with Crippen molar-refractivity contribution in [3.05, 3.63) is 65.4 Å². The van der Waals surface area contributed by atoms with Crippen LogP contribution in [0.5, 0.6) is 0 Å². The van der Waals surface area contributed by atoms with Crippen LogP contribution >= 0.6 is 0 Å². The molecule has 2 amide bonds. The van der Waals surface area contributed by atoms with Gasteiger partial charge in [-0.3, -0.25) is 19.5 Å². The molecule has 4 rings (SSSR count). The number of hydrogen-bond donors (Lipinski definition) is 1. The third-order valence-electron chi connectivity index (χ3n) is 5.84. The van der Waals surface area contributed by atoms with Crippen molar-refractivity contribution in [2.24, 2.45) is 0 Å². The molecule has 1 aliphatic heterocycles. The van der Waals surface area contributed by atoms with Crippen LogP contribution in [0.25, 0.3) is 11.2 Å². The van der Waals surface area contributed by atoms with Gasteiger partial charge < -0.3 is 4.90 Å². The molecule has 8 heteroatoms. The summed E-state index contributed by atoms with van der Waals surface area (Å²) in [5.41, 5.74) is 3.30. The quantitative estimate of drug-likeness (QED) is 0.578. The number of piperidine rings is 1. The molecule has 2 aromatic heterocycles. The first-order valence-corrected chi connectivity index (χ1v) is 11.1. The molecule has 1 aliphatic rings. The SMILES string of the molecule is C=C(CC)Cn1c(NC(=O)c2cccc(C#N)c2)nc2cc(C(=O)N3CCCCC3)cnc21. The molecule has 1 N–H and O–H groups in total. The average Bonchev–Trinajstić information content (AvgIpc) is 3.19. The number of hydrogen-bond acceptors (Lipinski definition) is 5. The molecule has 0 aliphatic carbocycles. The first kappa shape index (κ1) is 22.2. The van der Waals surface area contributed by atoms with Crippen LogP contribution in [-0.4, -0.2) is 44.3 Å². The summed E-state index contributed by atoms with van der Waals surface area (Å²) in [7, 11) is 0. The van der Waals surface area contributed by atoms with Gasteiger partial charge in [0.2, 0.25) is 5.95 Å². The lowest BCUT2D eigenvalue weighted by atomic mass is 10.1. The van der Waals surface area contributed by atoms with E-state index in [0.717, 1.165) is 44.3 Å². The molecule has 33 heavy (non-hydrogen) atoms. The van der Waals surface area contributed by atoms with Gasteiger partial charge in [0.05, 0.1) is 17.2 Å². The summed E-state index contributed by atoms with van der Waals surface area (Å²) in [6, 6.07) is 10.2. The maximum absolute atomic E-state index is 12.9. The number of aromatic nitrogens is 3. The van der Waals surface area contributed by atoms with Gasteiger partial charge in [0, 0.05) is 31.4 Å². The fraction of sp³-hybridized carbons (Fsp3) is 0.320. The first-order chi connectivity index (χ1) is 16.0. The summed E-state index contributed by atoms with van der Waals surface area (Å²) in [4.78, 5) is 36.8. The number of rotatable bonds is 6. The Hall–Kier alpha value is -3.99. The molecule has 1 aromatic carbocycles. The number of anilines is 1. The number of nitrogens with zero attached hydrogens (tertiary/aromatic N) is 5. The van der Waals surface area contributed by atoms with Crippen LogP contribution in [-0.2, 0) is 6.54 Å². The van der Waals surface area contributed by atoms with E-state index < -0.39 is 0 Å². The molecule has 0 bridgehead atoms. The Morgan fingerprint density at radius 2 is 1.97 bits per heavy atom. The standard InChI is InChI=1S/C25H26N6O2/c1-3-17(2)16-31-22-21(13-20(15-27-22)24(33)30-10-5-4-6-11-30)28-25(31)29-23(32)19-9-7-8-18(12-19)14-26/h7-9,12-13,15H,2-6,10-11,16H2,1H3,(H,28,29,32). The molecule has 1 fully saturated rings. The summed E-state index contributed by atoms with van der Waals surface area (Å²) < 4.78 is 1.79. The molecule has 0 spiro atoms. The minimum absolute atomic E-state index is 0.0458. The third-order valence-corrected chi connectivity index (χ3v) is 5.84. The van der Waals surface area contributed by atoms with Crippen molar-refractivity contribution >= 4 is 28.9 Å². The van der Waals surface area contributed by atoms with E-state index in [-0.39, 0.29) is 11.8 Å². The normalized spacial score (nSPS) is 13.5. The number of imidazole rings is 1. The van der Waals surface area contributed by atoms with Crippen molar-refractivity contribution in [3.63, 3.8) is 0 Å². The third kappa shape index (κ3) is 4.77. The van der Waals surface area contributed by atoms with E-state index >= 15 is 0 Å². The average molecular weight is 443 g/mol. The largest absolute Gasteiger partial charge is 0.339 e. The van der Waals surface area contributed by atoms with Gasteiger partial charge in [-0.2, -0.15) is 5.26 Å². The topological polar surface area (TPSA) is 104 Å². The van der Waals surface area contributed by atoms with E-state index in [9.17, 15) is 9.59 Å². The van der Waals surface area contributed by atoms with Gasteiger partial charge in [0.15, 0.2) is 5.65 Å². The summed E-state index contributed by atoms with van der Waals surface area (Å²) in [5, 5.41) is 12.0. The van der Waals surface area contributed by atoms with E-state index in [1.54, 1.807) is 35.0 Å². The van der Waals surface area contributed by atoms with Gasteiger partial charge >= 0.3 is 0 Å². The van der Waals surface area contributed by atoms with E-state index in [1.807, 2.05) is 17.9 Å². The minimum atomic E-state index is -0.379. The van der Waals surface area contributed by atoms with Crippen molar-refractivity contribution in [2.75, 3.05) is 18.4 Å². The van der Waals surface area contributed by atoms with Crippen LogP contribution in [0.1, 0.15) is 58.9 Å². The Bertz CT molecular complexity index is 1260. The van der Waals surface area contributed by atoms with Crippen molar-refractivity contribution in [2.45, 2.75) is 39.2 Å². The van der Waals surface area contributed by atoms with Gasteiger partial charge in [0.1, 0.15) is 5.52 Å². The smallest absolute Gasteiger partial charge is 0.258 e. The highest BCUT2D eigenvalue weighted by Crippen LogP contribution is 2.23.